The molecule has 0 aromatic carbocycles. The van der Waals surface area contributed by atoms with Gasteiger partial charge in [-0.15, -0.1) is 0 Å². The molecule has 0 aliphatic rings. The van der Waals surface area contributed by atoms with Crippen LogP contribution in [0.2, 0.25) is 0 Å². The monoisotopic (exact) mass is 699 g/mol. The van der Waals surface area contributed by atoms with Crippen LogP contribution >= 0.6 is 0 Å². The second kappa shape index (κ2) is 12.9. The SMILES string of the molecule is O=S(=O)(O)C(F)(F)F.O=S(=O)([O-])C(F)(F)F.O=S(=O)([O-])C(F)(F)F.O=S(=O)([O-])C(F)(F)F.[Ru+3]. The predicted molar refractivity (Wildman–Crippen MR) is 64.9 cm³/mol. The van der Waals surface area contributed by atoms with Crippen LogP contribution in [0.15, 0.2) is 0 Å². The molecule has 1 N–H and O–H groups in total. The molecule has 0 rings (SSSR count). The molecular formula is C4HF12O12RuS4. The van der Waals surface area contributed by atoms with Crippen molar-refractivity contribution in [1.82, 2.24) is 0 Å². The van der Waals surface area contributed by atoms with E-state index in [1.54, 1.807) is 0 Å². The molecule has 0 aliphatic carbocycles. The first-order valence-electron chi connectivity index (χ1n) is 5.10. The standard InChI is InChI=1S/4CHF3O3S.Ru/c4*2-1(3,4)8(5,6)7;/h4*(H,5,6,7);/q;;;;+3/p-3. The number of alkyl halides is 12. The van der Waals surface area contributed by atoms with Crippen molar-refractivity contribution in [2.75, 3.05) is 0 Å². The van der Waals surface area contributed by atoms with Crippen LogP contribution in [0.3, 0.4) is 0 Å². The van der Waals surface area contributed by atoms with Crippen LogP contribution < -0.4 is 0 Å². The van der Waals surface area contributed by atoms with Crippen molar-refractivity contribution < 1.29 is 124 Å². The van der Waals surface area contributed by atoms with Crippen molar-refractivity contribution in [2.45, 2.75) is 22.0 Å². The summed E-state index contributed by atoms with van der Waals surface area (Å²) in [4.78, 5) is 0. The van der Waals surface area contributed by atoms with Crippen molar-refractivity contribution in [3.05, 3.63) is 0 Å². The van der Waals surface area contributed by atoms with Crippen LogP contribution in [0.25, 0.3) is 0 Å². The Kier molecular flexibility index (Phi) is 16.7. The smallest absolute Gasteiger partial charge is 0.741 e. The Bertz CT molecular complexity index is 828. The van der Waals surface area contributed by atoms with Gasteiger partial charge in [-0.25, -0.2) is 25.3 Å². The first-order chi connectivity index (χ1) is 13.0. The molecule has 1 radical (unpaired) electrons. The molecule has 0 aromatic rings. The summed E-state index contributed by atoms with van der Waals surface area (Å²) >= 11 is 0. The van der Waals surface area contributed by atoms with E-state index >= 15 is 0 Å². The Balaban J connectivity index is -0.000000105. The van der Waals surface area contributed by atoms with E-state index in [4.69, 9.17) is 51.9 Å². The van der Waals surface area contributed by atoms with Gasteiger partial charge in [-0.3, -0.25) is 4.55 Å². The molecule has 0 bridgehead atoms. The molecule has 0 unspecified atom stereocenters. The van der Waals surface area contributed by atoms with Crippen LogP contribution in [-0.2, 0) is 60.0 Å². The summed E-state index contributed by atoms with van der Waals surface area (Å²) in [5.41, 5.74) is -22.5. The van der Waals surface area contributed by atoms with E-state index in [9.17, 15) is 52.7 Å². The van der Waals surface area contributed by atoms with Gasteiger partial charge in [-0.1, -0.05) is 0 Å². The second-order valence-electron chi connectivity index (χ2n) is 3.62. The summed E-state index contributed by atoms with van der Waals surface area (Å²) in [6, 6.07) is 0. The van der Waals surface area contributed by atoms with Gasteiger partial charge in [0.2, 0.25) is 0 Å². The molecule has 12 nitrogen and oxygen atoms in total. The van der Waals surface area contributed by atoms with Crippen LogP contribution in [0.1, 0.15) is 0 Å². The van der Waals surface area contributed by atoms with Gasteiger partial charge >= 0.3 is 51.6 Å². The molecular weight excluding hydrogens is 697 g/mol. The minimum Gasteiger partial charge on any atom is -0.741 e. The minimum absolute atomic E-state index is 0. The fourth-order valence-electron chi connectivity index (χ4n) is 0. The maximum absolute atomic E-state index is 10.7. The summed E-state index contributed by atoms with van der Waals surface area (Å²) in [7, 11) is -24.1. The zero-order valence-electron chi connectivity index (χ0n) is 13.5. The van der Waals surface area contributed by atoms with Gasteiger partial charge in [-0.05, 0) is 0 Å². The fraction of sp³-hybridized carbons (Fsp3) is 1.00. The van der Waals surface area contributed by atoms with Crippen molar-refractivity contribution in [3.63, 3.8) is 0 Å². The normalized spacial score (nSPS) is 13.6. The van der Waals surface area contributed by atoms with Crippen LogP contribution in [0.4, 0.5) is 52.7 Å². The van der Waals surface area contributed by atoms with E-state index in [2.05, 4.69) is 0 Å². The van der Waals surface area contributed by atoms with Crippen LogP contribution in [0, 0.1) is 0 Å². The van der Waals surface area contributed by atoms with Gasteiger partial charge in [0.15, 0.2) is 30.4 Å². The van der Waals surface area contributed by atoms with Crippen molar-refractivity contribution in [1.29, 1.82) is 0 Å². The summed E-state index contributed by atoms with van der Waals surface area (Å²) < 4.78 is 234. The molecule has 0 fully saturated rings. The topological polar surface area (TPSA) is 226 Å². The molecule has 33 heavy (non-hydrogen) atoms. The Labute approximate surface area is 186 Å². The first-order valence-corrected chi connectivity index (χ1v) is 10.8. The van der Waals surface area contributed by atoms with Gasteiger partial charge in [0, 0.05) is 0 Å². The molecule has 0 aromatic heterocycles. The van der Waals surface area contributed by atoms with Crippen LogP contribution in [0.5, 0.6) is 0 Å². The van der Waals surface area contributed by atoms with Crippen LogP contribution in [-0.4, -0.2) is 73.9 Å². The summed E-state index contributed by atoms with van der Waals surface area (Å²) in [6.45, 7) is 0. The third-order valence-corrected chi connectivity index (χ3v) is 3.43. The van der Waals surface area contributed by atoms with E-state index in [0.717, 1.165) is 0 Å². The molecule has 0 aliphatic heterocycles. The fourth-order valence-corrected chi connectivity index (χ4v) is 0. The third kappa shape index (κ3) is 21.7. The summed E-state index contributed by atoms with van der Waals surface area (Å²) in [5.74, 6) is 0. The second-order valence-corrected chi connectivity index (χ2v) is 9.15. The molecule has 0 atom stereocenters. The zero-order chi connectivity index (χ0) is 28.0. The minimum atomic E-state index is -6.09. The Hall–Kier alpha value is -0.577. The quantitative estimate of drug-likeness (QED) is 0.158. The maximum atomic E-state index is 10.7. The molecule has 0 amide bonds. The van der Waals surface area contributed by atoms with Gasteiger partial charge in [0.1, 0.15) is 0 Å². The van der Waals surface area contributed by atoms with E-state index in [1.807, 2.05) is 0 Å². The first kappa shape index (κ1) is 42.6. The number of hydrogen-bond acceptors (Lipinski definition) is 11. The molecule has 205 valence electrons. The number of rotatable bonds is 0. The number of halogens is 12. The predicted octanol–water partition coefficient (Wildman–Crippen LogP) is 0.546. The van der Waals surface area contributed by atoms with Gasteiger partial charge in [0.05, 0.1) is 0 Å². The molecule has 0 spiro atoms. The van der Waals surface area contributed by atoms with E-state index in [-0.39, 0.29) is 19.5 Å². The Morgan fingerprint density at radius 2 is 0.485 bits per heavy atom. The van der Waals surface area contributed by atoms with Crippen molar-refractivity contribution in [2.24, 2.45) is 0 Å². The molecule has 0 saturated heterocycles. The number of hydrogen-bond donors (Lipinski definition) is 1. The average Bonchev–Trinajstić information content (AvgIpc) is 2.30. The Morgan fingerprint density at radius 3 is 0.485 bits per heavy atom. The molecule has 0 saturated carbocycles. The summed E-state index contributed by atoms with van der Waals surface area (Å²) in [5, 5.41) is 0. The van der Waals surface area contributed by atoms with E-state index in [0.29, 0.717) is 0 Å². The molecule has 29 heteroatoms. The largest absolute Gasteiger partial charge is 3.00 e. The van der Waals surface area contributed by atoms with Gasteiger partial charge in [-0.2, -0.15) is 61.1 Å². The maximum Gasteiger partial charge on any atom is 3.00 e. The van der Waals surface area contributed by atoms with Gasteiger partial charge in [0.25, 0.3) is 0 Å². The van der Waals surface area contributed by atoms with Gasteiger partial charge < -0.3 is 13.7 Å². The average molecular weight is 698 g/mol. The molecule has 0 heterocycles. The van der Waals surface area contributed by atoms with E-state index < -0.39 is 62.5 Å². The summed E-state index contributed by atoms with van der Waals surface area (Å²) in [6.07, 6.45) is 0. The van der Waals surface area contributed by atoms with E-state index in [1.165, 1.54) is 0 Å². The Morgan fingerprint density at radius 1 is 0.424 bits per heavy atom. The van der Waals surface area contributed by atoms with Crippen molar-refractivity contribution in [3.8, 4) is 0 Å². The third-order valence-electron chi connectivity index (χ3n) is 1.14. The zero-order valence-corrected chi connectivity index (χ0v) is 18.5. The van der Waals surface area contributed by atoms with Crippen molar-refractivity contribution >= 4 is 40.5 Å².